The van der Waals surface area contributed by atoms with Crippen LogP contribution in [0.3, 0.4) is 0 Å². The standard InChI is InChI=1S/C44H64F2N2O3/c1-28(2)31-14-19-43(38(51)47-24-27-48-25-22-44(45,46)23-26-48)21-20-41(6)33(36(31)43)12-13-35-40(5)17-15-32(29-8-10-30(11-9-29)37(49)50)39(3,4)34(40)16-18-42(35,41)7/h8-11,15,31,33-37,49-50H,1,12-14,16-27H2,2-7H3,(H,47,51). The molecular weight excluding hydrogens is 642 g/mol. The number of alkyl halides is 2. The summed E-state index contributed by atoms with van der Waals surface area (Å²) in [7, 11) is 0. The second-order valence-corrected chi connectivity index (χ2v) is 19.3. The summed E-state index contributed by atoms with van der Waals surface area (Å²) in [6.45, 7) is 21.4. The molecule has 7 heteroatoms. The molecule has 1 heterocycles. The van der Waals surface area contributed by atoms with Gasteiger partial charge in [-0.1, -0.05) is 77.1 Å². The van der Waals surface area contributed by atoms with Crippen molar-refractivity contribution in [2.75, 3.05) is 26.2 Å². The Kier molecular flexibility index (Phi) is 9.31. The van der Waals surface area contributed by atoms with E-state index in [2.05, 4.69) is 76.5 Å². The molecule has 9 unspecified atom stereocenters. The largest absolute Gasteiger partial charge is 0.364 e. The number of aliphatic hydroxyl groups is 2. The Morgan fingerprint density at radius 2 is 1.59 bits per heavy atom. The zero-order valence-corrected chi connectivity index (χ0v) is 32.2. The van der Waals surface area contributed by atoms with Crippen molar-refractivity contribution in [1.82, 2.24) is 10.2 Å². The molecule has 5 aliphatic carbocycles. The van der Waals surface area contributed by atoms with Crippen LogP contribution >= 0.6 is 0 Å². The smallest absolute Gasteiger partial charge is 0.250 e. The Bertz CT molecular complexity index is 1540. The summed E-state index contributed by atoms with van der Waals surface area (Å²) in [5.74, 6) is -0.0969. The Labute approximate surface area is 305 Å². The fraction of sp³-hybridized carbons (Fsp3) is 0.750. The number of likely N-dealkylation sites (tertiary alicyclic amines) is 1. The maximum atomic E-state index is 14.5. The van der Waals surface area contributed by atoms with E-state index < -0.39 is 12.2 Å². The minimum Gasteiger partial charge on any atom is -0.364 e. The number of aliphatic hydroxyl groups excluding tert-OH is 1. The van der Waals surface area contributed by atoms with Crippen LogP contribution in [-0.4, -0.2) is 53.1 Å². The van der Waals surface area contributed by atoms with Crippen LogP contribution in [0, 0.1) is 56.7 Å². The molecule has 0 spiro atoms. The number of carbonyl (C=O) groups is 1. The summed E-state index contributed by atoms with van der Waals surface area (Å²) in [4.78, 5) is 16.5. The average Bonchev–Trinajstić information content (AvgIpc) is 3.47. The molecule has 0 aromatic heterocycles. The Morgan fingerprint density at radius 3 is 2.24 bits per heavy atom. The van der Waals surface area contributed by atoms with Crippen molar-refractivity contribution in [3.8, 4) is 0 Å². The molecule has 5 fully saturated rings. The highest BCUT2D eigenvalue weighted by Gasteiger charge is 2.71. The zero-order valence-electron chi connectivity index (χ0n) is 32.2. The number of hydrogen-bond donors (Lipinski definition) is 3. The van der Waals surface area contributed by atoms with Crippen LogP contribution in [-0.2, 0) is 4.79 Å². The quantitative estimate of drug-likeness (QED) is 0.195. The van der Waals surface area contributed by atoms with Crippen molar-refractivity contribution < 1.29 is 23.8 Å². The number of nitrogens with one attached hydrogen (secondary N) is 1. The maximum Gasteiger partial charge on any atom is 0.250 e. The van der Waals surface area contributed by atoms with Gasteiger partial charge in [-0.2, -0.15) is 0 Å². The molecule has 1 aromatic carbocycles. The van der Waals surface area contributed by atoms with Crippen LogP contribution in [0.4, 0.5) is 8.78 Å². The molecule has 7 rings (SSSR count). The lowest BCUT2D eigenvalue weighted by Gasteiger charge is -2.72. The normalized spacial score (nSPS) is 41.5. The molecule has 1 amide bonds. The Hall–Kier alpha value is -2.09. The van der Waals surface area contributed by atoms with Gasteiger partial charge in [0, 0.05) is 44.6 Å². The van der Waals surface area contributed by atoms with Gasteiger partial charge in [0.1, 0.15) is 0 Å². The first-order valence-corrected chi connectivity index (χ1v) is 20.1. The number of carbonyl (C=O) groups excluding carboxylic acids is 1. The van der Waals surface area contributed by atoms with Crippen LogP contribution in [0.25, 0.3) is 5.57 Å². The molecule has 282 valence electrons. The van der Waals surface area contributed by atoms with E-state index in [-0.39, 0.29) is 45.8 Å². The monoisotopic (exact) mass is 706 g/mol. The number of nitrogens with zero attached hydrogens (tertiary/aromatic N) is 1. The van der Waals surface area contributed by atoms with Gasteiger partial charge in [0.25, 0.3) is 5.92 Å². The highest BCUT2D eigenvalue weighted by molar-refractivity contribution is 5.84. The molecule has 1 saturated heterocycles. The predicted molar refractivity (Wildman–Crippen MR) is 200 cm³/mol. The molecule has 5 nitrogen and oxygen atoms in total. The van der Waals surface area contributed by atoms with Crippen LogP contribution < -0.4 is 5.32 Å². The number of halogens is 2. The van der Waals surface area contributed by atoms with E-state index in [9.17, 15) is 23.8 Å². The first kappa shape index (κ1) is 37.2. The van der Waals surface area contributed by atoms with E-state index in [1.165, 1.54) is 36.0 Å². The van der Waals surface area contributed by atoms with Gasteiger partial charge in [0.05, 0.1) is 5.41 Å². The lowest BCUT2D eigenvalue weighted by molar-refractivity contribution is -0.225. The lowest BCUT2D eigenvalue weighted by Crippen LogP contribution is -2.66. The van der Waals surface area contributed by atoms with E-state index in [0.29, 0.717) is 61.3 Å². The molecule has 4 saturated carbocycles. The van der Waals surface area contributed by atoms with E-state index in [0.717, 1.165) is 38.5 Å². The fourth-order valence-electron chi connectivity index (χ4n) is 14.1. The van der Waals surface area contributed by atoms with Crippen molar-refractivity contribution in [3.05, 3.63) is 53.6 Å². The summed E-state index contributed by atoms with van der Waals surface area (Å²) in [6, 6.07) is 7.80. The number of benzene rings is 1. The molecule has 1 aromatic rings. The van der Waals surface area contributed by atoms with Gasteiger partial charge < -0.3 is 20.4 Å². The minimum absolute atomic E-state index is 0.0171. The molecule has 1 aliphatic heterocycles. The number of hydrogen-bond acceptors (Lipinski definition) is 4. The van der Waals surface area contributed by atoms with Crippen LogP contribution in [0.15, 0.2) is 42.5 Å². The van der Waals surface area contributed by atoms with Gasteiger partial charge in [-0.15, -0.1) is 0 Å². The second kappa shape index (κ2) is 12.8. The Morgan fingerprint density at radius 1 is 0.902 bits per heavy atom. The average molecular weight is 707 g/mol. The topological polar surface area (TPSA) is 72.8 Å². The highest BCUT2D eigenvalue weighted by Crippen LogP contribution is 2.77. The molecular formula is C44H64F2N2O3. The zero-order chi connectivity index (χ0) is 36.8. The van der Waals surface area contributed by atoms with Gasteiger partial charge in [0.15, 0.2) is 6.29 Å². The minimum atomic E-state index is -2.55. The second-order valence-electron chi connectivity index (χ2n) is 19.3. The number of fused-ring (bicyclic) bond motifs is 7. The van der Waals surface area contributed by atoms with Gasteiger partial charge in [0.2, 0.25) is 5.91 Å². The first-order valence-electron chi connectivity index (χ1n) is 20.1. The first-order chi connectivity index (χ1) is 23.9. The Balaban J connectivity index is 1.13. The van der Waals surface area contributed by atoms with Crippen LogP contribution in [0.1, 0.15) is 130 Å². The molecule has 0 bridgehead atoms. The van der Waals surface area contributed by atoms with Crippen molar-refractivity contribution in [1.29, 1.82) is 0 Å². The van der Waals surface area contributed by atoms with Gasteiger partial charge in [-0.05, 0) is 127 Å². The fourth-order valence-corrected chi connectivity index (χ4v) is 14.1. The highest BCUT2D eigenvalue weighted by atomic mass is 19.3. The summed E-state index contributed by atoms with van der Waals surface area (Å²) in [5.41, 5.74) is 4.39. The van der Waals surface area contributed by atoms with Crippen molar-refractivity contribution >= 4 is 11.5 Å². The third kappa shape index (κ3) is 5.72. The summed E-state index contributed by atoms with van der Waals surface area (Å²) in [5, 5.41) is 22.7. The number of allylic oxidation sites excluding steroid dienone is 3. The van der Waals surface area contributed by atoms with Gasteiger partial charge in [-0.3, -0.25) is 4.79 Å². The molecule has 0 radical (unpaired) electrons. The lowest BCUT2D eigenvalue weighted by atomic mass is 9.32. The predicted octanol–water partition coefficient (Wildman–Crippen LogP) is 9.17. The summed E-state index contributed by atoms with van der Waals surface area (Å²) >= 11 is 0. The van der Waals surface area contributed by atoms with Crippen LogP contribution in [0.5, 0.6) is 0 Å². The van der Waals surface area contributed by atoms with Crippen molar-refractivity contribution in [2.45, 2.75) is 124 Å². The summed E-state index contributed by atoms with van der Waals surface area (Å²) in [6.07, 6.45) is 10.6. The van der Waals surface area contributed by atoms with E-state index in [1.807, 2.05) is 12.1 Å². The van der Waals surface area contributed by atoms with Crippen molar-refractivity contribution in [3.63, 3.8) is 0 Å². The molecule has 9 atom stereocenters. The van der Waals surface area contributed by atoms with Gasteiger partial charge in [-0.25, -0.2) is 8.78 Å². The van der Waals surface area contributed by atoms with Gasteiger partial charge >= 0.3 is 0 Å². The van der Waals surface area contributed by atoms with E-state index in [4.69, 9.17) is 0 Å². The van der Waals surface area contributed by atoms with E-state index >= 15 is 0 Å². The third-order valence-corrected chi connectivity index (χ3v) is 16.9. The molecule has 6 aliphatic rings. The molecule has 51 heavy (non-hydrogen) atoms. The molecule has 3 N–H and O–H groups in total. The number of piperidine rings is 1. The van der Waals surface area contributed by atoms with Crippen LogP contribution in [0.2, 0.25) is 0 Å². The SMILES string of the molecule is C=C(C)C1CCC2(C(=O)NCCN3CCC(F)(F)CC3)CCC3(C)C(CCC4C5(C)CC=C(c6ccc(C(O)O)cc6)C(C)(C)C5CCC43C)C12. The van der Waals surface area contributed by atoms with Crippen molar-refractivity contribution in [2.24, 2.45) is 56.7 Å². The van der Waals surface area contributed by atoms with E-state index in [1.54, 1.807) is 0 Å². The maximum absolute atomic E-state index is 14.5. The summed E-state index contributed by atoms with van der Waals surface area (Å²) < 4.78 is 27.5. The number of amides is 1. The number of rotatable bonds is 7. The third-order valence-electron chi connectivity index (χ3n) is 16.9.